The third kappa shape index (κ3) is 2.63. The van der Waals surface area contributed by atoms with Crippen LogP contribution in [0.4, 0.5) is 8.78 Å². The van der Waals surface area contributed by atoms with Crippen LogP contribution in [0.2, 0.25) is 0 Å². The number of halogens is 3. The number of piperidine rings is 1. The molecule has 2 nitrogen and oxygen atoms in total. The van der Waals surface area contributed by atoms with Gasteiger partial charge in [0.05, 0.1) is 5.52 Å². The van der Waals surface area contributed by atoms with Crippen molar-refractivity contribution in [1.29, 1.82) is 0 Å². The van der Waals surface area contributed by atoms with Gasteiger partial charge in [-0.1, -0.05) is 6.42 Å². The average molecular weight is 327 g/mol. The SMILES string of the molecule is Cl.Fc1cc(F)c2[nH]c3c(c2c1)CC(N1CCCCC1)CC3. The highest BCUT2D eigenvalue weighted by atomic mass is 35.5. The first kappa shape index (κ1) is 15.8. The standard InChI is InChI=1S/C17H20F2N2.ClH/c18-11-8-14-13-10-12(21-6-2-1-3-7-21)4-5-16(13)20-17(14)15(19)9-11;/h8-9,12,20H,1-7,10H2;1H. The number of benzene rings is 1. The first-order valence-electron chi connectivity index (χ1n) is 7.95. The van der Waals surface area contributed by atoms with E-state index >= 15 is 0 Å². The van der Waals surface area contributed by atoms with Gasteiger partial charge in [-0.25, -0.2) is 8.78 Å². The molecule has 1 aromatic carbocycles. The van der Waals surface area contributed by atoms with Gasteiger partial charge in [0.25, 0.3) is 0 Å². The van der Waals surface area contributed by atoms with Crippen LogP contribution in [0.25, 0.3) is 10.9 Å². The minimum Gasteiger partial charge on any atom is -0.356 e. The number of aromatic amines is 1. The van der Waals surface area contributed by atoms with Gasteiger partial charge in [0.2, 0.25) is 0 Å². The van der Waals surface area contributed by atoms with Gasteiger partial charge in [0.15, 0.2) is 0 Å². The summed E-state index contributed by atoms with van der Waals surface area (Å²) in [5, 5.41) is 0.740. The second-order valence-corrected chi connectivity index (χ2v) is 6.39. The van der Waals surface area contributed by atoms with Crippen molar-refractivity contribution in [2.75, 3.05) is 13.1 Å². The summed E-state index contributed by atoms with van der Waals surface area (Å²) in [6.07, 6.45) is 6.85. The Hall–Kier alpha value is -1.13. The Kier molecular flexibility index (Phi) is 4.42. The van der Waals surface area contributed by atoms with E-state index in [9.17, 15) is 8.78 Å². The van der Waals surface area contributed by atoms with E-state index in [0.717, 1.165) is 42.0 Å². The van der Waals surface area contributed by atoms with Crippen LogP contribution < -0.4 is 0 Å². The second kappa shape index (κ2) is 6.17. The lowest BCUT2D eigenvalue weighted by Gasteiger charge is -2.36. The van der Waals surface area contributed by atoms with Crippen LogP contribution in [-0.2, 0) is 12.8 Å². The summed E-state index contributed by atoms with van der Waals surface area (Å²) in [4.78, 5) is 5.75. The van der Waals surface area contributed by atoms with Gasteiger partial charge in [0, 0.05) is 23.2 Å². The fraction of sp³-hybridized carbons (Fsp3) is 0.529. The zero-order chi connectivity index (χ0) is 14.4. The number of nitrogens with one attached hydrogen (secondary N) is 1. The van der Waals surface area contributed by atoms with Gasteiger partial charge >= 0.3 is 0 Å². The third-order valence-electron chi connectivity index (χ3n) is 5.09. The smallest absolute Gasteiger partial charge is 0.150 e. The Labute approximate surface area is 135 Å². The maximum absolute atomic E-state index is 13.9. The van der Waals surface area contributed by atoms with Gasteiger partial charge in [0.1, 0.15) is 11.6 Å². The monoisotopic (exact) mass is 326 g/mol. The summed E-state index contributed by atoms with van der Waals surface area (Å²) < 4.78 is 27.4. The molecule has 0 spiro atoms. The first-order valence-corrected chi connectivity index (χ1v) is 7.95. The summed E-state index contributed by atoms with van der Waals surface area (Å²) in [7, 11) is 0. The number of hydrogen-bond donors (Lipinski definition) is 1. The normalized spacial score (nSPS) is 22.4. The predicted molar refractivity (Wildman–Crippen MR) is 86.7 cm³/mol. The van der Waals surface area contributed by atoms with Crippen LogP contribution in [0.15, 0.2) is 12.1 Å². The van der Waals surface area contributed by atoms with Crippen molar-refractivity contribution in [3.8, 4) is 0 Å². The molecule has 120 valence electrons. The van der Waals surface area contributed by atoms with E-state index in [2.05, 4.69) is 9.88 Å². The Bertz CT molecular complexity index is 677. The predicted octanol–water partition coefficient (Wildman–Crippen LogP) is 4.21. The summed E-state index contributed by atoms with van der Waals surface area (Å²) in [5.74, 6) is -0.962. The van der Waals surface area contributed by atoms with Crippen LogP contribution in [0, 0.1) is 11.6 Å². The maximum atomic E-state index is 13.9. The Morgan fingerprint density at radius 3 is 2.64 bits per heavy atom. The van der Waals surface area contributed by atoms with Crippen molar-refractivity contribution in [2.24, 2.45) is 0 Å². The molecule has 0 saturated carbocycles. The lowest BCUT2D eigenvalue weighted by Crippen LogP contribution is -2.42. The van der Waals surface area contributed by atoms with E-state index in [4.69, 9.17) is 0 Å². The van der Waals surface area contributed by atoms with Crippen LogP contribution >= 0.6 is 12.4 Å². The Morgan fingerprint density at radius 2 is 1.86 bits per heavy atom. The van der Waals surface area contributed by atoms with E-state index < -0.39 is 11.6 Å². The van der Waals surface area contributed by atoms with Crippen molar-refractivity contribution in [3.05, 3.63) is 35.0 Å². The van der Waals surface area contributed by atoms with Crippen LogP contribution in [0.3, 0.4) is 0 Å². The van der Waals surface area contributed by atoms with E-state index in [0.29, 0.717) is 11.6 Å². The number of nitrogens with zero attached hydrogens (tertiary/aromatic N) is 1. The Morgan fingerprint density at radius 1 is 1.09 bits per heavy atom. The first-order chi connectivity index (χ1) is 10.2. The molecule has 5 heteroatoms. The van der Waals surface area contributed by atoms with Gasteiger partial charge in [-0.2, -0.15) is 0 Å². The number of likely N-dealkylation sites (tertiary alicyclic amines) is 1. The summed E-state index contributed by atoms with van der Waals surface area (Å²) in [6, 6.07) is 2.97. The molecule has 2 aliphatic rings. The fourth-order valence-corrected chi connectivity index (χ4v) is 4.02. The van der Waals surface area contributed by atoms with Gasteiger partial charge < -0.3 is 9.88 Å². The van der Waals surface area contributed by atoms with Crippen LogP contribution in [0.1, 0.15) is 36.9 Å². The quantitative estimate of drug-likeness (QED) is 0.831. The molecule has 22 heavy (non-hydrogen) atoms. The molecule has 0 radical (unpaired) electrons. The number of rotatable bonds is 1. The molecule has 1 atom stereocenters. The lowest BCUT2D eigenvalue weighted by atomic mass is 9.89. The minimum absolute atomic E-state index is 0. The number of hydrogen-bond acceptors (Lipinski definition) is 1. The zero-order valence-electron chi connectivity index (χ0n) is 12.5. The zero-order valence-corrected chi connectivity index (χ0v) is 13.3. The highest BCUT2D eigenvalue weighted by Crippen LogP contribution is 2.33. The van der Waals surface area contributed by atoms with Crippen LogP contribution in [-0.4, -0.2) is 29.0 Å². The molecular formula is C17H21ClF2N2. The van der Waals surface area contributed by atoms with Crippen molar-refractivity contribution >= 4 is 23.3 Å². The highest BCUT2D eigenvalue weighted by molar-refractivity contribution is 5.86. The molecule has 2 heterocycles. The van der Waals surface area contributed by atoms with Gasteiger partial charge in [-0.3, -0.25) is 0 Å². The molecule has 0 amide bonds. The van der Waals surface area contributed by atoms with Crippen LogP contribution in [0.5, 0.6) is 0 Å². The van der Waals surface area contributed by atoms with Crippen molar-refractivity contribution in [2.45, 2.75) is 44.6 Å². The Balaban J connectivity index is 0.00000144. The molecular weight excluding hydrogens is 306 g/mol. The van der Waals surface area contributed by atoms with E-state index in [-0.39, 0.29) is 12.4 Å². The molecule has 1 saturated heterocycles. The van der Waals surface area contributed by atoms with Crippen molar-refractivity contribution in [3.63, 3.8) is 0 Å². The van der Waals surface area contributed by atoms with E-state index in [1.807, 2.05) is 0 Å². The number of aryl methyl sites for hydroxylation is 1. The fourth-order valence-electron chi connectivity index (χ4n) is 4.02. The molecule has 1 aromatic heterocycles. The molecule has 0 bridgehead atoms. The molecule has 1 aliphatic heterocycles. The van der Waals surface area contributed by atoms with Gasteiger partial charge in [-0.15, -0.1) is 12.4 Å². The molecule has 1 N–H and O–H groups in total. The molecule has 2 aromatic rings. The van der Waals surface area contributed by atoms with E-state index in [1.165, 1.54) is 38.4 Å². The molecule has 1 aliphatic carbocycles. The van der Waals surface area contributed by atoms with Gasteiger partial charge in [-0.05, 0) is 56.8 Å². The number of H-pyrrole nitrogens is 1. The van der Waals surface area contributed by atoms with E-state index in [1.54, 1.807) is 0 Å². The largest absolute Gasteiger partial charge is 0.356 e. The number of aromatic nitrogens is 1. The number of fused-ring (bicyclic) bond motifs is 3. The minimum atomic E-state index is -0.484. The third-order valence-corrected chi connectivity index (χ3v) is 5.09. The average Bonchev–Trinajstić information content (AvgIpc) is 2.86. The lowest BCUT2D eigenvalue weighted by molar-refractivity contribution is 0.150. The molecule has 1 unspecified atom stereocenters. The molecule has 1 fully saturated rings. The highest BCUT2D eigenvalue weighted by Gasteiger charge is 2.28. The summed E-state index contributed by atoms with van der Waals surface area (Å²) in [6.45, 7) is 2.34. The second-order valence-electron chi connectivity index (χ2n) is 6.39. The van der Waals surface area contributed by atoms with Crippen molar-refractivity contribution < 1.29 is 8.78 Å². The topological polar surface area (TPSA) is 19.0 Å². The summed E-state index contributed by atoms with van der Waals surface area (Å²) in [5.41, 5.74) is 2.70. The van der Waals surface area contributed by atoms with Crippen molar-refractivity contribution in [1.82, 2.24) is 9.88 Å². The molecule has 4 rings (SSSR count). The summed E-state index contributed by atoms with van der Waals surface area (Å²) >= 11 is 0. The maximum Gasteiger partial charge on any atom is 0.150 e.